The van der Waals surface area contributed by atoms with Crippen molar-refractivity contribution >= 4 is 12.1 Å². The van der Waals surface area contributed by atoms with Crippen LogP contribution in [0.25, 0.3) is 0 Å². The summed E-state index contributed by atoms with van der Waals surface area (Å²) in [6.45, 7) is 2.41. The molecule has 6 heteroatoms. The van der Waals surface area contributed by atoms with Crippen molar-refractivity contribution in [1.29, 1.82) is 0 Å². The zero-order chi connectivity index (χ0) is 16.7. The first-order valence-electron chi connectivity index (χ1n) is 7.04. The van der Waals surface area contributed by atoms with E-state index >= 15 is 0 Å². The van der Waals surface area contributed by atoms with E-state index in [0.717, 1.165) is 0 Å². The van der Waals surface area contributed by atoms with Crippen LogP contribution in [0.15, 0.2) is 47.6 Å². The Kier molecular flexibility index (Phi) is 5.68. The molecular formula is C17H17FN2O3. The number of rotatable bonds is 6. The third-order valence-electron chi connectivity index (χ3n) is 2.99. The van der Waals surface area contributed by atoms with Crippen LogP contribution in [-0.2, 0) is 0 Å². The highest BCUT2D eigenvalue weighted by molar-refractivity contribution is 5.95. The maximum atomic E-state index is 13.5. The summed E-state index contributed by atoms with van der Waals surface area (Å²) in [5.74, 6) is -0.0149. The van der Waals surface area contributed by atoms with Gasteiger partial charge in [0.2, 0.25) is 0 Å². The first-order valence-corrected chi connectivity index (χ1v) is 7.04. The van der Waals surface area contributed by atoms with Crippen molar-refractivity contribution in [1.82, 2.24) is 5.43 Å². The zero-order valence-electron chi connectivity index (χ0n) is 12.9. The molecule has 0 heterocycles. The molecule has 2 aromatic rings. The maximum Gasteiger partial charge on any atom is 0.274 e. The summed E-state index contributed by atoms with van der Waals surface area (Å²) in [7, 11) is 1.54. The molecule has 0 aliphatic carbocycles. The van der Waals surface area contributed by atoms with Gasteiger partial charge >= 0.3 is 0 Å². The van der Waals surface area contributed by atoms with Gasteiger partial charge in [-0.3, -0.25) is 4.79 Å². The highest BCUT2D eigenvalue weighted by Gasteiger charge is 2.09. The molecule has 0 saturated heterocycles. The molecule has 0 radical (unpaired) electrons. The van der Waals surface area contributed by atoms with E-state index in [2.05, 4.69) is 10.5 Å². The number of ether oxygens (including phenoxy) is 2. The molecule has 1 amide bonds. The summed E-state index contributed by atoms with van der Waals surface area (Å²) < 4.78 is 24.1. The van der Waals surface area contributed by atoms with E-state index < -0.39 is 11.7 Å². The summed E-state index contributed by atoms with van der Waals surface area (Å²) in [4.78, 5) is 11.8. The van der Waals surface area contributed by atoms with Crippen LogP contribution in [0.1, 0.15) is 22.8 Å². The van der Waals surface area contributed by atoms with Gasteiger partial charge in [0.1, 0.15) is 5.82 Å². The van der Waals surface area contributed by atoms with Crippen molar-refractivity contribution in [2.45, 2.75) is 6.92 Å². The molecule has 2 aromatic carbocycles. The summed E-state index contributed by atoms with van der Waals surface area (Å²) in [5, 5.41) is 3.82. The lowest BCUT2D eigenvalue weighted by molar-refractivity contribution is 0.0951. The molecule has 5 nitrogen and oxygen atoms in total. The molecule has 23 heavy (non-hydrogen) atoms. The number of nitrogens with one attached hydrogen (secondary N) is 1. The van der Waals surface area contributed by atoms with Crippen molar-refractivity contribution in [3.63, 3.8) is 0 Å². The van der Waals surface area contributed by atoms with Crippen LogP contribution < -0.4 is 14.9 Å². The number of hydrogen-bond acceptors (Lipinski definition) is 4. The average Bonchev–Trinajstić information content (AvgIpc) is 2.56. The molecule has 0 aliphatic rings. The Labute approximate surface area is 133 Å². The SMILES string of the molecule is CCOc1ccc(/C=N/NC(=O)c2ccccc2F)cc1OC. The predicted molar refractivity (Wildman–Crippen MR) is 85.6 cm³/mol. The smallest absolute Gasteiger partial charge is 0.274 e. The van der Waals surface area contributed by atoms with Crippen molar-refractivity contribution in [3.05, 3.63) is 59.4 Å². The number of methoxy groups -OCH3 is 1. The molecule has 0 saturated carbocycles. The Morgan fingerprint density at radius 2 is 2.04 bits per heavy atom. The molecule has 0 unspecified atom stereocenters. The number of nitrogens with zero attached hydrogens (tertiary/aromatic N) is 1. The normalized spacial score (nSPS) is 10.6. The van der Waals surface area contributed by atoms with Crippen LogP contribution in [0.4, 0.5) is 4.39 Å². The van der Waals surface area contributed by atoms with Gasteiger partial charge in [0.25, 0.3) is 5.91 Å². The van der Waals surface area contributed by atoms with E-state index in [1.54, 1.807) is 31.4 Å². The first kappa shape index (κ1) is 16.5. The molecule has 0 spiro atoms. The van der Waals surface area contributed by atoms with E-state index in [0.29, 0.717) is 23.7 Å². The summed E-state index contributed by atoms with van der Waals surface area (Å²) >= 11 is 0. The molecule has 120 valence electrons. The quantitative estimate of drug-likeness (QED) is 0.658. The van der Waals surface area contributed by atoms with Gasteiger partial charge in [-0.05, 0) is 42.8 Å². The van der Waals surface area contributed by atoms with Crippen molar-refractivity contribution in [3.8, 4) is 11.5 Å². The largest absolute Gasteiger partial charge is 0.493 e. The Hall–Kier alpha value is -2.89. The van der Waals surface area contributed by atoms with Crippen LogP contribution >= 0.6 is 0 Å². The fourth-order valence-electron chi connectivity index (χ4n) is 1.91. The minimum Gasteiger partial charge on any atom is -0.493 e. The standard InChI is InChI=1S/C17H17FN2O3/c1-3-23-15-9-8-12(10-16(15)22-2)11-19-20-17(21)13-6-4-5-7-14(13)18/h4-11H,3H2,1-2H3,(H,20,21)/b19-11+. The molecular weight excluding hydrogens is 299 g/mol. The lowest BCUT2D eigenvalue weighted by Gasteiger charge is -2.09. The Morgan fingerprint density at radius 3 is 2.74 bits per heavy atom. The maximum absolute atomic E-state index is 13.5. The topological polar surface area (TPSA) is 59.9 Å². The van der Waals surface area contributed by atoms with E-state index in [-0.39, 0.29) is 5.56 Å². The first-order chi connectivity index (χ1) is 11.2. The second kappa shape index (κ2) is 7.93. The number of hydrazone groups is 1. The monoisotopic (exact) mass is 316 g/mol. The van der Waals surface area contributed by atoms with Gasteiger partial charge in [-0.1, -0.05) is 12.1 Å². The van der Waals surface area contributed by atoms with E-state index in [4.69, 9.17) is 9.47 Å². The van der Waals surface area contributed by atoms with Gasteiger partial charge < -0.3 is 9.47 Å². The molecule has 0 aromatic heterocycles. The van der Waals surface area contributed by atoms with E-state index in [1.165, 1.54) is 24.4 Å². The number of benzene rings is 2. The number of amides is 1. The predicted octanol–water partition coefficient (Wildman–Crippen LogP) is 3.00. The minimum atomic E-state index is -0.614. The minimum absolute atomic E-state index is 0.0612. The third kappa shape index (κ3) is 4.29. The number of carbonyl (C=O) groups excluding carboxylic acids is 1. The highest BCUT2D eigenvalue weighted by Crippen LogP contribution is 2.27. The molecule has 0 atom stereocenters. The van der Waals surface area contributed by atoms with Crippen LogP contribution in [0.5, 0.6) is 11.5 Å². The Bertz CT molecular complexity index is 717. The highest BCUT2D eigenvalue weighted by atomic mass is 19.1. The lowest BCUT2D eigenvalue weighted by Crippen LogP contribution is -2.18. The van der Waals surface area contributed by atoms with E-state index in [1.807, 2.05) is 6.92 Å². The van der Waals surface area contributed by atoms with Crippen LogP contribution in [0.3, 0.4) is 0 Å². The number of halogens is 1. The molecule has 0 bridgehead atoms. The van der Waals surface area contributed by atoms with Gasteiger partial charge in [0, 0.05) is 0 Å². The molecule has 0 fully saturated rings. The average molecular weight is 316 g/mol. The summed E-state index contributed by atoms with van der Waals surface area (Å²) in [5.41, 5.74) is 2.93. The summed E-state index contributed by atoms with van der Waals surface area (Å²) in [6.07, 6.45) is 1.44. The number of carbonyl (C=O) groups is 1. The molecule has 2 rings (SSSR count). The second-order valence-corrected chi connectivity index (χ2v) is 4.52. The lowest BCUT2D eigenvalue weighted by atomic mass is 10.2. The van der Waals surface area contributed by atoms with Crippen molar-refractivity contribution < 1.29 is 18.7 Å². The third-order valence-corrected chi connectivity index (χ3v) is 2.99. The summed E-state index contributed by atoms with van der Waals surface area (Å²) in [6, 6.07) is 11.0. The van der Waals surface area contributed by atoms with Crippen LogP contribution in [0.2, 0.25) is 0 Å². The molecule has 1 N–H and O–H groups in total. The van der Waals surface area contributed by atoms with Crippen molar-refractivity contribution in [2.75, 3.05) is 13.7 Å². The second-order valence-electron chi connectivity index (χ2n) is 4.52. The van der Waals surface area contributed by atoms with Gasteiger partial charge in [0.05, 0.1) is 25.5 Å². The van der Waals surface area contributed by atoms with Gasteiger partial charge in [0.15, 0.2) is 11.5 Å². The van der Waals surface area contributed by atoms with Crippen LogP contribution in [0, 0.1) is 5.82 Å². The van der Waals surface area contributed by atoms with Crippen molar-refractivity contribution in [2.24, 2.45) is 5.10 Å². The van der Waals surface area contributed by atoms with Gasteiger partial charge in [-0.25, -0.2) is 9.82 Å². The fourth-order valence-corrected chi connectivity index (χ4v) is 1.91. The fraction of sp³-hybridized carbons (Fsp3) is 0.176. The van der Waals surface area contributed by atoms with Gasteiger partial charge in [-0.15, -0.1) is 0 Å². The van der Waals surface area contributed by atoms with Crippen LogP contribution in [-0.4, -0.2) is 25.8 Å². The number of hydrogen-bond donors (Lipinski definition) is 1. The zero-order valence-corrected chi connectivity index (χ0v) is 12.9. The van der Waals surface area contributed by atoms with E-state index in [9.17, 15) is 9.18 Å². The molecule has 0 aliphatic heterocycles. The Balaban J connectivity index is 2.06. The Morgan fingerprint density at radius 1 is 1.26 bits per heavy atom. The van der Waals surface area contributed by atoms with Gasteiger partial charge in [-0.2, -0.15) is 5.10 Å².